The summed E-state index contributed by atoms with van der Waals surface area (Å²) in [6, 6.07) is 1.67. The third-order valence-electron chi connectivity index (χ3n) is 1.81. The molecule has 2 N–H and O–H groups in total. The SMILES string of the molecule is COC(=O)c1cnc(N)c(C=C(C)C)c1. The number of nitrogens with two attached hydrogens (primary N) is 1. The van der Waals surface area contributed by atoms with E-state index in [-0.39, 0.29) is 0 Å². The second kappa shape index (κ2) is 4.59. The second-order valence-corrected chi connectivity index (χ2v) is 3.41. The van der Waals surface area contributed by atoms with E-state index in [4.69, 9.17) is 5.73 Å². The molecule has 1 heterocycles. The number of anilines is 1. The maximum Gasteiger partial charge on any atom is 0.339 e. The molecule has 0 radical (unpaired) electrons. The maximum absolute atomic E-state index is 11.2. The number of rotatable bonds is 2. The van der Waals surface area contributed by atoms with Gasteiger partial charge in [-0.3, -0.25) is 0 Å². The zero-order chi connectivity index (χ0) is 11.4. The number of esters is 1. The molecule has 15 heavy (non-hydrogen) atoms. The summed E-state index contributed by atoms with van der Waals surface area (Å²) in [6.45, 7) is 3.90. The lowest BCUT2D eigenvalue weighted by Crippen LogP contribution is -2.04. The van der Waals surface area contributed by atoms with Crippen LogP contribution in [0.2, 0.25) is 0 Å². The highest BCUT2D eigenvalue weighted by Gasteiger charge is 2.07. The molecular formula is C11H14N2O2. The van der Waals surface area contributed by atoms with E-state index in [2.05, 4.69) is 9.72 Å². The molecule has 0 aliphatic rings. The maximum atomic E-state index is 11.2. The van der Waals surface area contributed by atoms with Gasteiger partial charge >= 0.3 is 5.97 Å². The van der Waals surface area contributed by atoms with Gasteiger partial charge in [0.05, 0.1) is 12.7 Å². The Balaban J connectivity index is 3.16. The minimum Gasteiger partial charge on any atom is -0.465 e. The lowest BCUT2D eigenvalue weighted by molar-refractivity contribution is 0.0600. The van der Waals surface area contributed by atoms with Crippen LogP contribution in [0.5, 0.6) is 0 Å². The Hall–Kier alpha value is -1.84. The van der Waals surface area contributed by atoms with Gasteiger partial charge in [0.15, 0.2) is 0 Å². The van der Waals surface area contributed by atoms with Gasteiger partial charge in [-0.1, -0.05) is 11.6 Å². The number of hydrogen-bond donors (Lipinski definition) is 1. The monoisotopic (exact) mass is 206 g/mol. The first kappa shape index (κ1) is 11.2. The molecule has 0 unspecified atom stereocenters. The van der Waals surface area contributed by atoms with Crippen LogP contribution in [-0.4, -0.2) is 18.1 Å². The molecule has 1 rings (SSSR count). The van der Waals surface area contributed by atoms with Gasteiger partial charge in [0.25, 0.3) is 0 Å². The topological polar surface area (TPSA) is 65.2 Å². The van der Waals surface area contributed by atoms with Gasteiger partial charge in [0.1, 0.15) is 5.82 Å². The van der Waals surface area contributed by atoms with E-state index in [9.17, 15) is 4.79 Å². The Morgan fingerprint density at radius 2 is 2.20 bits per heavy atom. The first-order valence-corrected chi connectivity index (χ1v) is 4.53. The fourth-order valence-corrected chi connectivity index (χ4v) is 1.15. The second-order valence-electron chi connectivity index (χ2n) is 3.41. The predicted octanol–water partition coefficient (Wildman–Crippen LogP) is 1.87. The van der Waals surface area contributed by atoms with Crippen molar-refractivity contribution in [2.45, 2.75) is 13.8 Å². The van der Waals surface area contributed by atoms with Crippen LogP contribution >= 0.6 is 0 Å². The Morgan fingerprint density at radius 3 is 2.73 bits per heavy atom. The molecule has 0 fully saturated rings. The van der Waals surface area contributed by atoms with Crippen molar-refractivity contribution in [1.29, 1.82) is 0 Å². The molecule has 0 saturated heterocycles. The fraction of sp³-hybridized carbons (Fsp3) is 0.273. The summed E-state index contributed by atoms with van der Waals surface area (Å²) in [7, 11) is 1.33. The van der Waals surface area contributed by atoms with E-state index in [1.807, 2.05) is 19.9 Å². The number of ether oxygens (including phenoxy) is 1. The molecule has 80 valence electrons. The fourth-order valence-electron chi connectivity index (χ4n) is 1.15. The highest BCUT2D eigenvalue weighted by molar-refractivity contribution is 5.90. The summed E-state index contributed by atoms with van der Waals surface area (Å²) < 4.78 is 4.60. The largest absolute Gasteiger partial charge is 0.465 e. The van der Waals surface area contributed by atoms with Gasteiger partial charge in [-0.25, -0.2) is 9.78 Å². The normalized spacial score (nSPS) is 9.53. The number of nitrogens with zero attached hydrogens (tertiary/aromatic N) is 1. The van der Waals surface area contributed by atoms with Gasteiger partial charge in [-0.05, 0) is 19.9 Å². The molecule has 0 aromatic carbocycles. The molecule has 0 spiro atoms. The number of carbonyl (C=O) groups excluding carboxylic acids is 1. The highest BCUT2D eigenvalue weighted by atomic mass is 16.5. The minimum absolute atomic E-state index is 0.402. The van der Waals surface area contributed by atoms with E-state index in [1.165, 1.54) is 13.3 Å². The molecule has 0 atom stereocenters. The number of hydrogen-bond acceptors (Lipinski definition) is 4. The zero-order valence-corrected chi connectivity index (χ0v) is 9.07. The molecule has 1 aromatic heterocycles. The predicted molar refractivity (Wildman–Crippen MR) is 59.3 cm³/mol. The average Bonchev–Trinajstić information content (AvgIpc) is 2.19. The quantitative estimate of drug-likeness (QED) is 0.750. The molecule has 4 heteroatoms. The zero-order valence-electron chi connectivity index (χ0n) is 9.07. The van der Waals surface area contributed by atoms with Crippen molar-refractivity contribution in [3.63, 3.8) is 0 Å². The van der Waals surface area contributed by atoms with Crippen molar-refractivity contribution in [1.82, 2.24) is 4.98 Å². The van der Waals surface area contributed by atoms with Crippen molar-refractivity contribution < 1.29 is 9.53 Å². The smallest absolute Gasteiger partial charge is 0.339 e. The van der Waals surface area contributed by atoms with Gasteiger partial charge < -0.3 is 10.5 Å². The van der Waals surface area contributed by atoms with E-state index in [0.717, 1.165) is 11.1 Å². The molecular weight excluding hydrogens is 192 g/mol. The van der Waals surface area contributed by atoms with Crippen molar-refractivity contribution in [2.75, 3.05) is 12.8 Å². The van der Waals surface area contributed by atoms with Gasteiger partial charge in [-0.2, -0.15) is 0 Å². The summed E-state index contributed by atoms with van der Waals surface area (Å²) in [4.78, 5) is 15.2. The van der Waals surface area contributed by atoms with Crippen molar-refractivity contribution >= 4 is 17.9 Å². The van der Waals surface area contributed by atoms with E-state index in [0.29, 0.717) is 11.4 Å². The summed E-state index contributed by atoms with van der Waals surface area (Å²) in [5.41, 5.74) is 7.90. The number of nitrogen functional groups attached to an aromatic ring is 1. The number of carbonyl (C=O) groups is 1. The van der Waals surface area contributed by atoms with E-state index in [1.54, 1.807) is 6.07 Å². The average molecular weight is 206 g/mol. The molecule has 1 aromatic rings. The molecule has 0 aliphatic carbocycles. The van der Waals surface area contributed by atoms with Gasteiger partial charge in [-0.15, -0.1) is 0 Å². The molecule has 4 nitrogen and oxygen atoms in total. The van der Waals surface area contributed by atoms with Crippen LogP contribution in [0.25, 0.3) is 6.08 Å². The van der Waals surface area contributed by atoms with Crippen molar-refractivity contribution in [3.05, 3.63) is 29.0 Å². The molecule has 0 amide bonds. The van der Waals surface area contributed by atoms with Gasteiger partial charge in [0.2, 0.25) is 0 Å². The third kappa shape index (κ3) is 2.80. The molecule has 0 bridgehead atoms. The lowest BCUT2D eigenvalue weighted by Gasteiger charge is -2.03. The van der Waals surface area contributed by atoms with Crippen LogP contribution in [0.15, 0.2) is 17.8 Å². The molecule has 0 aliphatic heterocycles. The van der Waals surface area contributed by atoms with Crippen molar-refractivity contribution in [3.8, 4) is 0 Å². The van der Waals surface area contributed by atoms with Gasteiger partial charge in [0, 0.05) is 11.8 Å². The Kier molecular flexibility index (Phi) is 3.44. The van der Waals surface area contributed by atoms with Crippen LogP contribution in [-0.2, 0) is 4.74 Å². The highest BCUT2D eigenvalue weighted by Crippen LogP contribution is 2.15. The van der Waals surface area contributed by atoms with Crippen LogP contribution < -0.4 is 5.73 Å². The van der Waals surface area contributed by atoms with Crippen molar-refractivity contribution in [2.24, 2.45) is 0 Å². The first-order valence-electron chi connectivity index (χ1n) is 4.53. The number of aromatic nitrogens is 1. The first-order chi connectivity index (χ1) is 7.04. The molecule has 0 saturated carbocycles. The number of allylic oxidation sites excluding steroid dienone is 1. The van der Waals surface area contributed by atoms with Crippen LogP contribution in [0.4, 0.5) is 5.82 Å². The van der Waals surface area contributed by atoms with Crippen LogP contribution in [0.3, 0.4) is 0 Å². The summed E-state index contributed by atoms with van der Waals surface area (Å²) >= 11 is 0. The Labute approximate surface area is 88.8 Å². The number of methoxy groups -OCH3 is 1. The lowest BCUT2D eigenvalue weighted by atomic mass is 10.1. The Bertz CT molecular complexity index is 407. The minimum atomic E-state index is -0.411. The van der Waals surface area contributed by atoms with Crippen LogP contribution in [0.1, 0.15) is 29.8 Å². The number of pyridine rings is 1. The van der Waals surface area contributed by atoms with Crippen LogP contribution in [0, 0.1) is 0 Å². The van der Waals surface area contributed by atoms with E-state index >= 15 is 0 Å². The van der Waals surface area contributed by atoms with E-state index < -0.39 is 5.97 Å². The third-order valence-corrected chi connectivity index (χ3v) is 1.81. The Morgan fingerprint density at radius 1 is 1.53 bits per heavy atom. The summed E-state index contributed by atoms with van der Waals surface area (Å²) in [5.74, 6) is -0.00485. The summed E-state index contributed by atoms with van der Waals surface area (Å²) in [6.07, 6.45) is 3.28. The summed E-state index contributed by atoms with van der Waals surface area (Å²) in [5, 5.41) is 0. The standard InChI is InChI=1S/C11H14N2O2/c1-7(2)4-8-5-9(11(14)15-3)6-13-10(8)12/h4-6H,1-3H3,(H2,12,13).